The number of halogens is 2. The molecule has 1 heterocycles. The van der Waals surface area contributed by atoms with E-state index in [1.807, 2.05) is 6.92 Å². The van der Waals surface area contributed by atoms with Gasteiger partial charge in [-0.25, -0.2) is 8.78 Å². The third-order valence-electron chi connectivity index (χ3n) is 3.26. The summed E-state index contributed by atoms with van der Waals surface area (Å²) in [6, 6.07) is 3.75. The number of likely N-dealkylation sites (N-methyl/N-ethyl adjacent to an activating group) is 1. The Morgan fingerprint density at radius 1 is 1.50 bits per heavy atom. The van der Waals surface area contributed by atoms with Gasteiger partial charge in [0.05, 0.1) is 5.56 Å². The van der Waals surface area contributed by atoms with Gasteiger partial charge < -0.3 is 10.2 Å². The van der Waals surface area contributed by atoms with Crippen LogP contribution in [0.2, 0.25) is 0 Å². The average molecular weight is 254 g/mol. The minimum Gasteiger partial charge on any atom is -0.335 e. The number of amides is 1. The SMILES string of the molecule is CCN(C(=O)c1cccc(F)c1F)C1CCNC1. The van der Waals surface area contributed by atoms with Crippen LogP contribution in [0.3, 0.4) is 0 Å². The summed E-state index contributed by atoms with van der Waals surface area (Å²) in [5.41, 5.74) is -0.191. The molecule has 1 aromatic carbocycles. The lowest BCUT2D eigenvalue weighted by molar-refractivity contribution is 0.0698. The molecule has 5 heteroatoms. The van der Waals surface area contributed by atoms with E-state index in [0.717, 1.165) is 19.0 Å². The highest BCUT2D eigenvalue weighted by Gasteiger charge is 2.28. The summed E-state index contributed by atoms with van der Waals surface area (Å²) in [5.74, 6) is -2.49. The molecule has 0 aromatic heterocycles. The van der Waals surface area contributed by atoms with Gasteiger partial charge in [0.15, 0.2) is 11.6 Å². The summed E-state index contributed by atoms with van der Waals surface area (Å²) in [6.45, 7) is 3.88. The number of nitrogens with one attached hydrogen (secondary N) is 1. The van der Waals surface area contributed by atoms with Crippen LogP contribution in [0.1, 0.15) is 23.7 Å². The third kappa shape index (κ3) is 2.36. The Kier molecular flexibility index (Phi) is 3.91. The molecule has 1 saturated heterocycles. The average Bonchev–Trinajstić information content (AvgIpc) is 2.87. The molecule has 2 rings (SSSR count). The Hall–Kier alpha value is -1.49. The Labute approximate surface area is 105 Å². The second-order valence-corrected chi connectivity index (χ2v) is 4.34. The van der Waals surface area contributed by atoms with E-state index in [-0.39, 0.29) is 11.6 Å². The van der Waals surface area contributed by atoms with Crippen molar-refractivity contribution in [2.24, 2.45) is 0 Å². The molecule has 3 nitrogen and oxygen atoms in total. The van der Waals surface area contributed by atoms with Gasteiger partial charge in [0.1, 0.15) is 0 Å². The standard InChI is InChI=1S/C13H16F2N2O/c1-2-17(9-6-7-16-8-9)13(18)10-4-3-5-11(14)12(10)15/h3-5,9,16H,2,6-8H2,1H3. The molecule has 1 unspecified atom stereocenters. The van der Waals surface area contributed by atoms with Gasteiger partial charge in [-0.15, -0.1) is 0 Å². The van der Waals surface area contributed by atoms with Crippen molar-refractivity contribution in [3.63, 3.8) is 0 Å². The molecule has 1 aliphatic rings. The summed E-state index contributed by atoms with van der Waals surface area (Å²) in [4.78, 5) is 13.8. The van der Waals surface area contributed by atoms with Gasteiger partial charge >= 0.3 is 0 Å². The van der Waals surface area contributed by atoms with Gasteiger partial charge in [-0.2, -0.15) is 0 Å². The van der Waals surface area contributed by atoms with Crippen molar-refractivity contribution in [2.45, 2.75) is 19.4 Å². The summed E-state index contributed by atoms with van der Waals surface area (Å²) in [7, 11) is 0. The first-order valence-corrected chi connectivity index (χ1v) is 6.10. The van der Waals surface area contributed by atoms with E-state index in [2.05, 4.69) is 5.32 Å². The van der Waals surface area contributed by atoms with E-state index >= 15 is 0 Å². The molecule has 0 bridgehead atoms. The van der Waals surface area contributed by atoms with Gasteiger partial charge in [-0.3, -0.25) is 4.79 Å². The van der Waals surface area contributed by atoms with Gasteiger partial charge in [0.2, 0.25) is 0 Å². The van der Waals surface area contributed by atoms with Crippen LogP contribution in [0.15, 0.2) is 18.2 Å². The number of hydrogen-bond acceptors (Lipinski definition) is 2. The number of carbonyl (C=O) groups is 1. The van der Waals surface area contributed by atoms with Crippen LogP contribution in [-0.4, -0.2) is 36.5 Å². The molecule has 1 aromatic rings. The molecule has 0 radical (unpaired) electrons. The van der Waals surface area contributed by atoms with E-state index in [0.29, 0.717) is 13.1 Å². The summed E-state index contributed by atoms with van der Waals surface area (Å²) >= 11 is 0. The molecule has 18 heavy (non-hydrogen) atoms. The molecule has 0 saturated carbocycles. The number of rotatable bonds is 3. The normalized spacial score (nSPS) is 18.9. The molecule has 0 aliphatic carbocycles. The van der Waals surface area contributed by atoms with Crippen molar-refractivity contribution in [3.05, 3.63) is 35.4 Å². The Balaban J connectivity index is 2.25. The molecule has 1 fully saturated rings. The van der Waals surface area contributed by atoms with Crippen LogP contribution in [0, 0.1) is 11.6 Å². The number of nitrogens with zero attached hydrogens (tertiary/aromatic N) is 1. The Bertz CT molecular complexity index is 445. The first kappa shape index (κ1) is 13.0. The van der Waals surface area contributed by atoms with E-state index in [4.69, 9.17) is 0 Å². The molecule has 98 valence electrons. The van der Waals surface area contributed by atoms with Gasteiger partial charge in [0.25, 0.3) is 5.91 Å². The van der Waals surface area contributed by atoms with Crippen molar-refractivity contribution < 1.29 is 13.6 Å². The maximum absolute atomic E-state index is 13.6. The summed E-state index contributed by atoms with van der Waals surface area (Å²) < 4.78 is 26.7. The van der Waals surface area contributed by atoms with Crippen molar-refractivity contribution >= 4 is 5.91 Å². The number of benzene rings is 1. The largest absolute Gasteiger partial charge is 0.335 e. The zero-order chi connectivity index (χ0) is 13.1. The molecule has 0 spiro atoms. The molecule has 1 aliphatic heterocycles. The van der Waals surface area contributed by atoms with Crippen molar-refractivity contribution in [1.82, 2.24) is 10.2 Å². The van der Waals surface area contributed by atoms with Crippen molar-refractivity contribution in [2.75, 3.05) is 19.6 Å². The van der Waals surface area contributed by atoms with E-state index in [9.17, 15) is 13.6 Å². The second kappa shape index (κ2) is 5.44. The van der Waals surface area contributed by atoms with Crippen LogP contribution in [0.25, 0.3) is 0 Å². The van der Waals surface area contributed by atoms with Crippen molar-refractivity contribution in [3.8, 4) is 0 Å². The zero-order valence-electron chi connectivity index (χ0n) is 10.2. The van der Waals surface area contributed by atoms with Crippen molar-refractivity contribution in [1.29, 1.82) is 0 Å². The zero-order valence-corrected chi connectivity index (χ0v) is 10.2. The monoisotopic (exact) mass is 254 g/mol. The molecule has 1 amide bonds. The van der Waals surface area contributed by atoms with Gasteiger partial charge in [-0.1, -0.05) is 6.07 Å². The Morgan fingerprint density at radius 3 is 2.89 bits per heavy atom. The molecule has 1 atom stereocenters. The maximum atomic E-state index is 13.6. The lowest BCUT2D eigenvalue weighted by atomic mass is 10.1. The van der Waals surface area contributed by atoms with E-state index in [1.54, 1.807) is 4.90 Å². The number of hydrogen-bond donors (Lipinski definition) is 1. The minimum absolute atomic E-state index is 0.0603. The fourth-order valence-electron chi connectivity index (χ4n) is 2.30. The second-order valence-electron chi connectivity index (χ2n) is 4.34. The highest BCUT2D eigenvalue weighted by molar-refractivity contribution is 5.94. The van der Waals surface area contributed by atoms with Crippen LogP contribution < -0.4 is 5.32 Å². The Morgan fingerprint density at radius 2 is 2.28 bits per heavy atom. The molecule has 1 N–H and O–H groups in total. The van der Waals surface area contributed by atoms with Crippen LogP contribution in [0.4, 0.5) is 8.78 Å². The quantitative estimate of drug-likeness (QED) is 0.892. The van der Waals surface area contributed by atoms with Crippen LogP contribution in [0.5, 0.6) is 0 Å². The number of carbonyl (C=O) groups excluding carboxylic acids is 1. The van der Waals surface area contributed by atoms with E-state index in [1.165, 1.54) is 12.1 Å². The maximum Gasteiger partial charge on any atom is 0.257 e. The first-order valence-electron chi connectivity index (χ1n) is 6.10. The predicted octanol–water partition coefficient (Wildman–Crippen LogP) is 1.79. The lowest BCUT2D eigenvalue weighted by Gasteiger charge is -2.27. The van der Waals surface area contributed by atoms with Gasteiger partial charge in [0, 0.05) is 19.1 Å². The van der Waals surface area contributed by atoms with Gasteiger partial charge in [-0.05, 0) is 32.0 Å². The smallest absolute Gasteiger partial charge is 0.257 e. The fraction of sp³-hybridized carbons (Fsp3) is 0.462. The predicted molar refractivity (Wildman–Crippen MR) is 64.3 cm³/mol. The topological polar surface area (TPSA) is 32.3 Å². The summed E-state index contributed by atoms with van der Waals surface area (Å²) in [5, 5.41) is 3.16. The third-order valence-corrected chi connectivity index (χ3v) is 3.26. The molecular formula is C13H16F2N2O. The highest BCUT2D eigenvalue weighted by atomic mass is 19.2. The minimum atomic E-state index is -1.06. The lowest BCUT2D eigenvalue weighted by Crippen LogP contribution is -2.41. The fourth-order valence-corrected chi connectivity index (χ4v) is 2.30. The highest BCUT2D eigenvalue weighted by Crippen LogP contribution is 2.17. The van der Waals surface area contributed by atoms with E-state index < -0.39 is 17.5 Å². The van der Waals surface area contributed by atoms with Crippen LogP contribution >= 0.6 is 0 Å². The first-order chi connectivity index (χ1) is 8.65. The molecular weight excluding hydrogens is 238 g/mol. The summed E-state index contributed by atoms with van der Waals surface area (Å²) in [6.07, 6.45) is 0.844. The van der Waals surface area contributed by atoms with Crippen LogP contribution in [-0.2, 0) is 0 Å².